The molecule has 16 heavy (non-hydrogen) atoms. The molecule has 0 heterocycles. The molecule has 1 unspecified atom stereocenters. The van der Waals surface area contributed by atoms with Gasteiger partial charge < -0.3 is 4.90 Å². The molecule has 1 nitrogen and oxygen atoms in total. The number of rotatable bonds is 9. The minimum Gasteiger partial charge on any atom is -0.378 e. The lowest BCUT2D eigenvalue weighted by Crippen LogP contribution is -2.07. The van der Waals surface area contributed by atoms with Gasteiger partial charge in [-0.1, -0.05) is 58.6 Å². The van der Waals surface area contributed by atoms with Crippen molar-refractivity contribution in [2.75, 3.05) is 14.1 Å². The van der Waals surface area contributed by atoms with Crippen molar-refractivity contribution in [3.63, 3.8) is 0 Å². The van der Waals surface area contributed by atoms with E-state index in [1.165, 1.54) is 38.5 Å². The maximum absolute atomic E-state index is 3.99. The second-order valence-electron chi connectivity index (χ2n) is 4.93. The maximum atomic E-state index is 3.99. The van der Waals surface area contributed by atoms with Crippen LogP contribution in [-0.2, 0) is 0 Å². The van der Waals surface area contributed by atoms with Crippen LogP contribution < -0.4 is 0 Å². The van der Waals surface area contributed by atoms with Crippen LogP contribution >= 0.6 is 0 Å². The summed E-state index contributed by atoms with van der Waals surface area (Å²) in [5, 5.41) is 0. The van der Waals surface area contributed by atoms with E-state index < -0.39 is 0 Å². The van der Waals surface area contributed by atoms with Gasteiger partial charge in [-0.3, -0.25) is 0 Å². The van der Waals surface area contributed by atoms with E-state index in [1.807, 2.05) is 19.0 Å². The van der Waals surface area contributed by atoms with Crippen LogP contribution in [0.25, 0.3) is 0 Å². The summed E-state index contributed by atoms with van der Waals surface area (Å²) in [7, 11) is 4.06. The molecule has 0 fully saturated rings. The van der Waals surface area contributed by atoms with E-state index >= 15 is 0 Å². The fraction of sp³-hybridized carbons (Fsp3) is 0.733. The zero-order valence-electron chi connectivity index (χ0n) is 11.6. The summed E-state index contributed by atoms with van der Waals surface area (Å²) in [4.78, 5) is 2.05. The van der Waals surface area contributed by atoms with Gasteiger partial charge in [-0.2, -0.15) is 0 Å². The van der Waals surface area contributed by atoms with Gasteiger partial charge in [0.05, 0.1) is 0 Å². The molecule has 0 aromatic heterocycles. The molecule has 0 amide bonds. The first-order valence-electron chi connectivity index (χ1n) is 6.62. The maximum Gasteiger partial charge on any atom is 0.0284 e. The van der Waals surface area contributed by atoms with E-state index in [0.29, 0.717) is 5.92 Å². The largest absolute Gasteiger partial charge is 0.378 e. The molecule has 1 atom stereocenters. The van der Waals surface area contributed by atoms with Gasteiger partial charge in [-0.05, 0) is 18.4 Å². The fourth-order valence-corrected chi connectivity index (χ4v) is 1.59. The summed E-state index contributed by atoms with van der Waals surface area (Å²) in [5.74, 6) is 0.679. The van der Waals surface area contributed by atoms with Crippen molar-refractivity contribution in [2.45, 2.75) is 52.4 Å². The summed E-state index contributed by atoms with van der Waals surface area (Å²) >= 11 is 0. The van der Waals surface area contributed by atoms with Crippen molar-refractivity contribution < 1.29 is 0 Å². The fourth-order valence-electron chi connectivity index (χ4n) is 1.59. The smallest absolute Gasteiger partial charge is 0.0284 e. The first-order valence-corrected chi connectivity index (χ1v) is 6.62. The highest BCUT2D eigenvalue weighted by Crippen LogP contribution is 2.13. The summed E-state index contributed by atoms with van der Waals surface area (Å²) in [5.41, 5.74) is 1.08. The van der Waals surface area contributed by atoms with Crippen LogP contribution in [0, 0.1) is 5.92 Å². The van der Waals surface area contributed by atoms with Crippen molar-refractivity contribution in [1.82, 2.24) is 4.90 Å². The molecule has 94 valence electrons. The lowest BCUT2D eigenvalue weighted by molar-refractivity contribution is 0.526. The molecule has 0 saturated carbocycles. The second kappa shape index (κ2) is 9.50. The second-order valence-corrected chi connectivity index (χ2v) is 4.93. The summed E-state index contributed by atoms with van der Waals surface area (Å²) < 4.78 is 0. The number of hydrogen-bond donors (Lipinski definition) is 0. The average Bonchev–Trinajstić information content (AvgIpc) is 2.25. The minimum absolute atomic E-state index is 0.679. The number of likely N-dealkylation sites (N-methyl/N-ethyl adjacent to an activating group) is 1. The van der Waals surface area contributed by atoms with Gasteiger partial charge in [0.25, 0.3) is 0 Å². The van der Waals surface area contributed by atoms with Crippen LogP contribution in [0.1, 0.15) is 52.4 Å². The van der Waals surface area contributed by atoms with Gasteiger partial charge >= 0.3 is 0 Å². The summed E-state index contributed by atoms with van der Waals surface area (Å²) in [6, 6.07) is 0. The zero-order chi connectivity index (χ0) is 12.4. The van der Waals surface area contributed by atoms with E-state index in [2.05, 4.69) is 32.6 Å². The van der Waals surface area contributed by atoms with E-state index in [-0.39, 0.29) is 0 Å². The van der Waals surface area contributed by atoms with Gasteiger partial charge in [0, 0.05) is 19.8 Å². The molecule has 0 aliphatic rings. The van der Waals surface area contributed by atoms with Crippen molar-refractivity contribution in [3.8, 4) is 0 Å². The normalized spacial score (nSPS) is 13.0. The van der Waals surface area contributed by atoms with Gasteiger partial charge in [-0.25, -0.2) is 0 Å². The van der Waals surface area contributed by atoms with E-state index in [9.17, 15) is 0 Å². The molecule has 0 aromatic rings. The minimum atomic E-state index is 0.679. The number of unbranched alkanes of at least 4 members (excludes halogenated alkanes) is 4. The number of nitrogens with zero attached hydrogens (tertiary/aromatic N) is 1. The molecule has 0 spiro atoms. The predicted octanol–water partition coefficient (Wildman–Crippen LogP) is 4.61. The van der Waals surface area contributed by atoms with Gasteiger partial charge in [0.1, 0.15) is 0 Å². The lowest BCUT2D eigenvalue weighted by atomic mass is 10.0. The molecule has 0 rings (SSSR count). The molecule has 0 aliphatic carbocycles. The topological polar surface area (TPSA) is 3.24 Å². The average molecular weight is 223 g/mol. The van der Waals surface area contributed by atoms with Crippen molar-refractivity contribution in [1.29, 1.82) is 0 Å². The standard InChI is InChI=1S/C15H29N/c1-6-7-8-9-10-11-14(2)12-13-15(3)16(4)5/h12-14H,3,6-11H2,1-2,4-5H3/b13-12+. The highest BCUT2D eigenvalue weighted by molar-refractivity contribution is 5.12. The van der Waals surface area contributed by atoms with E-state index in [4.69, 9.17) is 0 Å². The predicted molar refractivity (Wildman–Crippen MR) is 74.5 cm³/mol. The lowest BCUT2D eigenvalue weighted by Gasteiger charge is -2.12. The summed E-state index contributed by atoms with van der Waals surface area (Å²) in [6.07, 6.45) is 12.6. The van der Waals surface area contributed by atoms with Crippen molar-refractivity contribution in [3.05, 3.63) is 24.4 Å². The van der Waals surface area contributed by atoms with Crippen LogP contribution in [-0.4, -0.2) is 19.0 Å². The number of hydrogen-bond acceptors (Lipinski definition) is 1. The molecule has 0 aliphatic heterocycles. The van der Waals surface area contributed by atoms with Gasteiger partial charge in [0.15, 0.2) is 0 Å². The number of allylic oxidation sites excluding steroid dienone is 2. The Morgan fingerprint density at radius 3 is 2.38 bits per heavy atom. The molecular formula is C15H29N. The monoisotopic (exact) mass is 223 g/mol. The molecule has 0 N–H and O–H groups in total. The molecular weight excluding hydrogens is 194 g/mol. The molecule has 0 aromatic carbocycles. The Morgan fingerprint density at radius 1 is 1.19 bits per heavy atom. The Kier molecular flexibility index (Phi) is 9.07. The SMILES string of the molecule is C=C(/C=C/C(C)CCCCCCC)N(C)C. The Hall–Kier alpha value is -0.720. The van der Waals surface area contributed by atoms with Crippen molar-refractivity contribution in [2.24, 2.45) is 5.92 Å². The quantitative estimate of drug-likeness (QED) is 0.407. The van der Waals surface area contributed by atoms with Crippen LogP contribution in [0.15, 0.2) is 24.4 Å². The van der Waals surface area contributed by atoms with Crippen LogP contribution in [0.3, 0.4) is 0 Å². The Morgan fingerprint density at radius 2 is 1.81 bits per heavy atom. The van der Waals surface area contributed by atoms with Gasteiger partial charge in [-0.15, -0.1) is 0 Å². The Labute approximate surface area is 102 Å². The van der Waals surface area contributed by atoms with E-state index in [0.717, 1.165) is 5.70 Å². The Bertz CT molecular complexity index is 203. The van der Waals surface area contributed by atoms with Crippen LogP contribution in [0.5, 0.6) is 0 Å². The zero-order valence-corrected chi connectivity index (χ0v) is 11.6. The molecule has 0 radical (unpaired) electrons. The van der Waals surface area contributed by atoms with E-state index in [1.54, 1.807) is 0 Å². The van der Waals surface area contributed by atoms with Gasteiger partial charge in [0.2, 0.25) is 0 Å². The molecule has 0 bridgehead atoms. The van der Waals surface area contributed by atoms with Crippen molar-refractivity contribution >= 4 is 0 Å². The Balaban J connectivity index is 3.58. The third-order valence-electron chi connectivity index (χ3n) is 2.95. The third kappa shape index (κ3) is 8.58. The highest BCUT2D eigenvalue weighted by atomic mass is 15.1. The highest BCUT2D eigenvalue weighted by Gasteiger charge is 1.98. The third-order valence-corrected chi connectivity index (χ3v) is 2.95. The molecule has 1 heteroatoms. The first-order chi connectivity index (χ1) is 7.57. The first kappa shape index (κ1) is 15.3. The van der Waals surface area contributed by atoms with Crippen LogP contribution in [0.4, 0.5) is 0 Å². The summed E-state index contributed by atoms with van der Waals surface area (Å²) in [6.45, 7) is 8.54. The molecule has 0 saturated heterocycles. The van der Waals surface area contributed by atoms with Crippen LogP contribution in [0.2, 0.25) is 0 Å².